The number of fused-ring (bicyclic) bond motifs is 1. The summed E-state index contributed by atoms with van der Waals surface area (Å²) < 4.78 is 5.41. The van der Waals surface area contributed by atoms with E-state index in [2.05, 4.69) is 4.98 Å². The zero-order valence-electron chi connectivity index (χ0n) is 14.8. The van der Waals surface area contributed by atoms with Gasteiger partial charge in [-0.05, 0) is 56.2 Å². The lowest BCUT2D eigenvalue weighted by Crippen LogP contribution is -2.23. The highest BCUT2D eigenvalue weighted by Gasteiger charge is 2.18. The molecule has 0 saturated carbocycles. The fourth-order valence-corrected chi connectivity index (χ4v) is 2.68. The van der Waals surface area contributed by atoms with Crippen molar-refractivity contribution in [3.8, 4) is 11.1 Å². The van der Waals surface area contributed by atoms with E-state index in [9.17, 15) is 14.7 Å². The lowest BCUT2D eigenvalue weighted by Gasteiger charge is -2.19. The number of rotatable bonds is 3. The predicted octanol–water partition coefficient (Wildman–Crippen LogP) is 4.56. The van der Waals surface area contributed by atoms with Gasteiger partial charge in [0.05, 0.1) is 16.6 Å². The maximum absolute atomic E-state index is 12.3. The Morgan fingerprint density at radius 3 is 2.42 bits per heavy atom. The zero-order valence-corrected chi connectivity index (χ0v) is 14.8. The van der Waals surface area contributed by atoms with Crippen molar-refractivity contribution in [2.24, 2.45) is 0 Å². The molecule has 1 aromatic heterocycles. The minimum absolute atomic E-state index is 0.212. The molecule has 0 aliphatic rings. The van der Waals surface area contributed by atoms with Crippen LogP contribution in [0.4, 0.5) is 0 Å². The predicted molar refractivity (Wildman–Crippen MR) is 99.3 cm³/mol. The fourth-order valence-electron chi connectivity index (χ4n) is 2.68. The Hall–Kier alpha value is -3.21. The quantitative estimate of drug-likeness (QED) is 0.702. The van der Waals surface area contributed by atoms with Gasteiger partial charge in [-0.25, -0.2) is 9.59 Å². The van der Waals surface area contributed by atoms with Crippen LogP contribution >= 0.6 is 0 Å². The second-order valence-electron chi connectivity index (χ2n) is 6.98. The topological polar surface area (TPSA) is 76.5 Å². The van der Waals surface area contributed by atoms with Crippen LogP contribution in [0, 0.1) is 0 Å². The Labute approximate surface area is 151 Å². The summed E-state index contributed by atoms with van der Waals surface area (Å²) >= 11 is 0. The van der Waals surface area contributed by atoms with Crippen molar-refractivity contribution in [3.63, 3.8) is 0 Å². The molecular formula is C21H19NO4. The third-order valence-corrected chi connectivity index (χ3v) is 3.80. The fraction of sp³-hybridized carbons (Fsp3) is 0.190. The van der Waals surface area contributed by atoms with E-state index in [1.54, 1.807) is 24.3 Å². The van der Waals surface area contributed by atoms with Gasteiger partial charge in [0.15, 0.2) is 0 Å². The lowest BCUT2D eigenvalue weighted by atomic mass is 10.00. The van der Waals surface area contributed by atoms with Crippen LogP contribution in [0.3, 0.4) is 0 Å². The van der Waals surface area contributed by atoms with Crippen molar-refractivity contribution in [3.05, 3.63) is 65.9 Å². The number of hydrogen-bond donors (Lipinski definition) is 1. The number of pyridine rings is 1. The number of carbonyl (C=O) groups excluding carboxylic acids is 1. The van der Waals surface area contributed by atoms with E-state index >= 15 is 0 Å². The highest BCUT2D eigenvalue weighted by Crippen LogP contribution is 2.26. The van der Waals surface area contributed by atoms with Crippen LogP contribution < -0.4 is 0 Å². The maximum Gasteiger partial charge on any atom is 0.338 e. The van der Waals surface area contributed by atoms with Crippen molar-refractivity contribution in [2.45, 2.75) is 26.4 Å². The molecule has 0 unspecified atom stereocenters. The van der Waals surface area contributed by atoms with Gasteiger partial charge in [-0.15, -0.1) is 0 Å². The van der Waals surface area contributed by atoms with Crippen LogP contribution in [0.25, 0.3) is 22.0 Å². The monoisotopic (exact) mass is 349 g/mol. The SMILES string of the molecule is CC(C)(C)OC(=O)c1cccc(-c2ccc3c(C(=O)O)ccnc3c2)c1. The molecule has 0 spiro atoms. The van der Waals surface area contributed by atoms with Crippen molar-refractivity contribution in [1.82, 2.24) is 4.98 Å². The number of carbonyl (C=O) groups is 2. The second-order valence-corrected chi connectivity index (χ2v) is 6.98. The molecule has 0 saturated heterocycles. The zero-order chi connectivity index (χ0) is 18.9. The highest BCUT2D eigenvalue weighted by atomic mass is 16.6. The van der Waals surface area contributed by atoms with E-state index in [0.29, 0.717) is 16.5 Å². The van der Waals surface area contributed by atoms with Crippen LogP contribution in [-0.2, 0) is 4.74 Å². The summed E-state index contributed by atoms with van der Waals surface area (Å²) in [7, 11) is 0. The Bertz CT molecular complexity index is 1000. The molecule has 5 heteroatoms. The molecule has 3 rings (SSSR count). The minimum atomic E-state index is -0.989. The summed E-state index contributed by atoms with van der Waals surface area (Å²) in [5, 5.41) is 9.86. The van der Waals surface area contributed by atoms with Gasteiger partial charge in [0.1, 0.15) is 5.60 Å². The van der Waals surface area contributed by atoms with E-state index in [1.807, 2.05) is 39.0 Å². The highest BCUT2D eigenvalue weighted by molar-refractivity contribution is 6.03. The molecule has 0 fully saturated rings. The smallest absolute Gasteiger partial charge is 0.338 e. The van der Waals surface area contributed by atoms with Gasteiger partial charge in [0.2, 0.25) is 0 Å². The number of carboxylic acid groups (broad SMARTS) is 1. The van der Waals surface area contributed by atoms with E-state index in [-0.39, 0.29) is 11.5 Å². The second kappa shape index (κ2) is 6.59. The molecule has 0 radical (unpaired) electrons. The normalized spacial score (nSPS) is 11.3. The first-order valence-corrected chi connectivity index (χ1v) is 8.20. The molecule has 5 nitrogen and oxygen atoms in total. The average Bonchev–Trinajstić information content (AvgIpc) is 2.59. The van der Waals surface area contributed by atoms with Crippen LogP contribution in [-0.4, -0.2) is 27.6 Å². The molecular weight excluding hydrogens is 330 g/mol. The van der Waals surface area contributed by atoms with Crippen molar-refractivity contribution in [2.75, 3.05) is 0 Å². The molecule has 3 aromatic rings. The number of carboxylic acids is 1. The summed E-state index contributed by atoms with van der Waals surface area (Å²) in [4.78, 5) is 27.9. The standard InChI is InChI=1S/C21H19NO4/c1-21(2,3)26-20(25)15-6-4-5-13(11-15)14-7-8-16-17(19(23)24)9-10-22-18(16)12-14/h4-12H,1-3H3,(H,23,24). The van der Waals surface area contributed by atoms with Gasteiger partial charge in [-0.1, -0.05) is 24.3 Å². The first-order chi connectivity index (χ1) is 12.2. The first-order valence-electron chi connectivity index (χ1n) is 8.20. The molecule has 2 aromatic carbocycles. The van der Waals surface area contributed by atoms with E-state index in [4.69, 9.17) is 4.74 Å². The van der Waals surface area contributed by atoms with Gasteiger partial charge in [0, 0.05) is 11.6 Å². The van der Waals surface area contributed by atoms with E-state index in [1.165, 1.54) is 12.3 Å². The molecule has 1 N–H and O–H groups in total. The van der Waals surface area contributed by atoms with Gasteiger partial charge >= 0.3 is 11.9 Å². The number of nitrogens with zero attached hydrogens (tertiary/aromatic N) is 1. The summed E-state index contributed by atoms with van der Waals surface area (Å²) in [6.07, 6.45) is 1.48. The molecule has 0 bridgehead atoms. The number of hydrogen-bond acceptors (Lipinski definition) is 4. The Morgan fingerprint density at radius 1 is 1.00 bits per heavy atom. The maximum atomic E-state index is 12.3. The number of esters is 1. The van der Waals surface area contributed by atoms with Gasteiger partial charge in [-0.3, -0.25) is 4.98 Å². The number of ether oxygens (including phenoxy) is 1. The Balaban J connectivity index is 2.01. The Kier molecular flexibility index (Phi) is 4.47. The van der Waals surface area contributed by atoms with Gasteiger partial charge in [-0.2, -0.15) is 0 Å². The summed E-state index contributed by atoms with van der Waals surface area (Å²) in [6.45, 7) is 5.47. The number of aromatic carboxylic acids is 1. The first kappa shape index (κ1) is 17.6. The molecule has 132 valence electrons. The van der Waals surface area contributed by atoms with Crippen LogP contribution in [0.2, 0.25) is 0 Å². The van der Waals surface area contributed by atoms with Gasteiger partial charge < -0.3 is 9.84 Å². The minimum Gasteiger partial charge on any atom is -0.478 e. The van der Waals surface area contributed by atoms with Crippen LogP contribution in [0.1, 0.15) is 41.5 Å². The summed E-state index contributed by atoms with van der Waals surface area (Å²) in [5.74, 6) is -1.37. The lowest BCUT2D eigenvalue weighted by molar-refractivity contribution is 0.00694. The van der Waals surface area contributed by atoms with Crippen molar-refractivity contribution >= 4 is 22.8 Å². The Morgan fingerprint density at radius 2 is 1.73 bits per heavy atom. The average molecular weight is 349 g/mol. The van der Waals surface area contributed by atoms with Crippen molar-refractivity contribution in [1.29, 1.82) is 0 Å². The molecule has 0 amide bonds. The van der Waals surface area contributed by atoms with Crippen LogP contribution in [0.15, 0.2) is 54.7 Å². The van der Waals surface area contributed by atoms with Crippen LogP contribution in [0.5, 0.6) is 0 Å². The van der Waals surface area contributed by atoms with Gasteiger partial charge in [0.25, 0.3) is 0 Å². The molecule has 0 atom stereocenters. The molecule has 1 heterocycles. The summed E-state index contributed by atoms with van der Waals surface area (Å²) in [6, 6.07) is 14.0. The molecule has 0 aliphatic carbocycles. The number of aromatic nitrogens is 1. The largest absolute Gasteiger partial charge is 0.478 e. The van der Waals surface area contributed by atoms with E-state index < -0.39 is 11.6 Å². The number of benzene rings is 2. The third-order valence-electron chi connectivity index (χ3n) is 3.80. The summed E-state index contributed by atoms with van der Waals surface area (Å²) in [5.41, 5.74) is 2.38. The third kappa shape index (κ3) is 3.72. The van der Waals surface area contributed by atoms with Crippen molar-refractivity contribution < 1.29 is 19.4 Å². The molecule has 0 aliphatic heterocycles. The molecule has 26 heavy (non-hydrogen) atoms. The van der Waals surface area contributed by atoms with E-state index in [0.717, 1.165) is 11.1 Å².